The number of carboxylic acid groups (broad SMARTS) is 1. The highest BCUT2D eigenvalue weighted by Crippen LogP contribution is 2.31. The Morgan fingerprint density at radius 3 is 2.41 bits per heavy atom. The highest BCUT2D eigenvalue weighted by molar-refractivity contribution is 5.82. The number of carboxylic acids is 1. The van der Waals surface area contributed by atoms with Gasteiger partial charge >= 0.3 is 12.1 Å². The number of carbonyl (C=O) groups is 2. The van der Waals surface area contributed by atoms with Crippen LogP contribution in [0.4, 0.5) is 13.2 Å². The van der Waals surface area contributed by atoms with Crippen molar-refractivity contribution in [1.82, 2.24) is 4.90 Å². The van der Waals surface area contributed by atoms with Crippen molar-refractivity contribution in [1.29, 1.82) is 0 Å². The van der Waals surface area contributed by atoms with Crippen molar-refractivity contribution in [2.75, 3.05) is 13.2 Å². The maximum absolute atomic E-state index is 12.6. The van der Waals surface area contributed by atoms with Crippen LogP contribution in [0.15, 0.2) is 48.5 Å². The molecule has 27 heavy (non-hydrogen) atoms. The van der Waals surface area contributed by atoms with Crippen molar-refractivity contribution in [3.63, 3.8) is 0 Å². The zero-order valence-electron chi connectivity index (χ0n) is 14.1. The van der Waals surface area contributed by atoms with E-state index in [2.05, 4.69) is 0 Å². The minimum atomic E-state index is -4.44. The Hall–Kier alpha value is -3.03. The summed E-state index contributed by atoms with van der Waals surface area (Å²) >= 11 is 0. The van der Waals surface area contributed by atoms with Gasteiger partial charge in [0.25, 0.3) is 5.91 Å². The Kier molecular flexibility index (Phi) is 5.07. The van der Waals surface area contributed by atoms with Gasteiger partial charge in [0.1, 0.15) is 5.75 Å². The molecule has 8 heteroatoms. The zero-order valence-corrected chi connectivity index (χ0v) is 14.1. The van der Waals surface area contributed by atoms with E-state index in [0.29, 0.717) is 5.56 Å². The van der Waals surface area contributed by atoms with Crippen LogP contribution in [0.2, 0.25) is 0 Å². The lowest BCUT2D eigenvalue weighted by Crippen LogP contribution is -2.42. The van der Waals surface area contributed by atoms with Gasteiger partial charge in [-0.15, -0.1) is 0 Å². The molecule has 1 aliphatic rings. The van der Waals surface area contributed by atoms with E-state index >= 15 is 0 Å². The van der Waals surface area contributed by atoms with E-state index in [1.807, 2.05) is 0 Å². The summed E-state index contributed by atoms with van der Waals surface area (Å²) in [5.41, 5.74) is 0.620. The lowest BCUT2D eigenvalue weighted by Gasteiger charge is -2.32. The highest BCUT2D eigenvalue weighted by atomic mass is 19.4. The topological polar surface area (TPSA) is 66.8 Å². The predicted octanol–water partition coefficient (Wildman–Crippen LogP) is 3.29. The lowest BCUT2D eigenvalue weighted by atomic mass is 9.90. The van der Waals surface area contributed by atoms with Crippen molar-refractivity contribution in [2.45, 2.75) is 18.6 Å². The van der Waals surface area contributed by atoms with Gasteiger partial charge in [-0.25, -0.2) is 0 Å². The van der Waals surface area contributed by atoms with E-state index in [1.54, 1.807) is 24.3 Å². The fourth-order valence-corrected chi connectivity index (χ4v) is 2.98. The fourth-order valence-electron chi connectivity index (χ4n) is 2.98. The number of amides is 1. The summed E-state index contributed by atoms with van der Waals surface area (Å²) in [5.74, 6) is -2.16. The van der Waals surface area contributed by atoms with Crippen molar-refractivity contribution in [2.24, 2.45) is 0 Å². The van der Waals surface area contributed by atoms with Gasteiger partial charge in [0.2, 0.25) is 0 Å². The third-order valence-corrected chi connectivity index (χ3v) is 4.39. The van der Waals surface area contributed by atoms with E-state index in [4.69, 9.17) is 4.74 Å². The normalized spacial score (nSPS) is 16.6. The average molecular weight is 379 g/mol. The van der Waals surface area contributed by atoms with E-state index in [-0.39, 0.29) is 25.4 Å². The minimum Gasteiger partial charge on any atom is -0.484 e. The number of nitrogens with zero attached hydrogens (tertiary/aromatic N) is 1. The monoisotopic (exact) mass is 379 g/mol. The summed E-state index contributed by atoms with van der Waals surface area (Å²) in [6, 6.07) is 11.0. The molecule has 1 amide bonds. The van der Waals surface area contributed by atoms with Crippen molar-refractivity contribution in [3.8, 4) is 5.75 Å². The molecule has 1 aliphatic heterocycles. The molecule has 1 unspecified atom stereocenters. The van der Waals surface area contributed by atoms with Crippen molar-refractivity contribution < 1.29 is 32.6 Å². The Labute approximate surface area is 153 Å². The number of hydrogen-bond acceptors (Lipinski definition) is 3. The van der Waals surface area contributed by atoms with Crippen LogP contribution in [0.3, 0.4) is 0 Å². The average Bonchev–Trinajstić information content (AvgIpc) is 2.64. The Bertz CT molecular complexity index is 849. The largest absolute Gasteiger partial charge is 0.484 e. The Morgan fingerprint density at radius 1 is 1.11 bits per heavy atom. The second-order valence-electron chi connectivity index (χ2n) is 6.17. The number of fused-ring (bicyclic) bond motifs is 1. The van der Waals surface area contributed by atoms with Crippen LogP contribution in [0.5, 0.6) is 5.75 Å². The van der Waals surface area contributed by atoms with Gasteiger partial charge in [-0.2, -0.15) is 13.2 Å². The zero-order chi connectivity index (χ0) is 19.6. The second kappa shape index (κ2) is 7.30. The van der Waals surface area contributed by atoms with Gasteiger partial charge in [0, 0.05) is 13.1 Å². The summed E-state index contributed by atoms with van der Waals surface area (Å²) in [5, 5.41) is 9.42. The molecule has 0 bridgehead atoms. The van der Waals surface area contributed by atoms with E-state index in [1.165, 1.54) is 4.90 Å². The number of hydrogen-bond donors (Lipinski definition) is 1. The van der Waals surface area contributed by atoms with Crippen molar-refractivity contribution >= 4 is 11.9 Å². The molecule has 142 valence electrons. The Balaban J connectivity index is 1.66. The molecule has 0 saturated heterocycles. The van der Waals surface area contributed by atoms with E-state index < -0.39 is 29.5 Å². The maximum atomic E-state index is 12.6. The molecular formula is C19H16F3NO4. The van der Waals surface area contributed by atoms with Gasteiger partial charge < -0.3 is 14.7 Å². The van der Waals surface area contributed by atoms with Crippen LogP contribution in [0, 0.1) is 0 Å². The molecule has 0 aromatic heterocycles. The number of ether oxygens (including phenoxy) is 1. The third kappa shape index (κ3) is 4.21. The highest BCUT2D eigenvalue weighted by Gasteiger charge is 2.33. The first-order chi connectivity index (χ1) is 12.8. The summed E-state index contributed by atoms with van der Waals surface area (Å²) in [4.78, 5) is 25.3. The molecule has 1 N–H and O–H groups in total. The maximum Gasteiger partial charge on any atom is 0.416 e. The van der Waals surface area contributed by atoms with Crippen LogP contribution >= 0.6 is 0 Å². The number of carbonyl (C=O) groups excluding carboxylic acids is 1. The van der Waals surface area contributed by atoms with Gasteiger partial charge in [-0.3, -0.25) is 9.59 Å². The van der Waals surface area contributed by atoms with E-state index in [9.17, 15) is 27.9 Å². The number of benzene rings is 2. The molecule has 5 nitrogen and oxygen atoms in total. The molecular weight excluding hydrogens is 363 g/mol. The Morgan fingerprint density at radius 2 is 1.78 bits per heavy atom. The van der Waals surface area contributed by atoms with Crippen LogP contribution in [0.1, 0.15) is 22.6 Å². The van der Waals surface area contributed by atoms with Gasteiger partial charge in [-0.05, 0) is 35.4 Å². The molecule has 0 fully saturated rings. The summed E-state index contributed by atoms with van der Waals surface area (Å²) < 4.78 is 42.9. The summed E-state index contributed by atoms with van der Waals surface area (Å²) in [7, 11) is 0. The van der Waals surface area contributed by atoms with Crippen LogP contribution in [0.25, 0.3) is 0 Å². The third-order valence-electron chi connectivity index (χ3n) is 4.39. The number of halogens is 3. The summed E-state index contributed by atoms with van der Waals surface area (Å²) in [6.07, 6.45) is -4.44. The van der Waals surface area contributed by atoms with Crippen LogP contribution in [-0.4, -0.2) is 35.0 Å². The van der Waals surface area contributed by atoms with Crippen molar-refractivity contribution in [3.05, 3.63) is 65.2 Å². The quantitative estimate of drug-likeness (QED) is 0.885. The SMILES string of the molecule is O=C(O)C1CN(C(=O)COc2ccc(C(F)(F)F)cc2)Cc2ccccc21. The molecule has 2 aromatic rings. The predicted molar refractivity (Wildman–Crippen MR) is 89.2 cm³/mol. The first-order valence-electron chi connectivity index (χ1n) is 8.14. The van der Waals surface area contributed by atoms with E-state index in [0.717, 1.165) is 29.8 Å². The number of aliphatic carboxylic acids is 1. The smallest absolute Gasteiger partial charge is 0.416 e. The molecule has 1 heterocycles. The van der Waals surface area contributed by atoms with Gasteiger partial charge in [0.05, 0.1) is 11.5 Å². The molecule has 1 atom stereocenters. The summed E-state index contributed by atoms with van der Waals surface area (Å²) in [6.45, 7) is -0.115. The van der Waals surface area contributed by atoms with Gasteiger partial charge in [-0.1, -0.05) is 24.3 Å². The fraction of sp³-hybridized carbons (Fsp3) is 0.263. The lowest BCUT2D eigenvalue weighted by molar-refractivity contribution is -0.142. The minimum absolute atomic E-state index is 0.0154. The van der Waals surface area contributed by atoms with Gasteiger partial charge in [0.15, 0.2) is 6.61 Å². The van der Waals surface area contributed by atoms with Crippen LogP contribution < -0.4 is 4.74 Å². The molecule has 3 rings (SSSR count). The first kappa shape index (κ1) is 18.8. The molecule has 0 saturated carbocycles. The standard InChI is InChI=1S/C19H16F3NO4/c20-19(21,22)13-5-7-14(8-6-13)27-11-17(24)23-9-12-3-1-2-4-15(12)16(10-23)18(25)26/h1-8,16H,9-11H2,(H,25,26). The molecule has 0 radical (unpaired) electrons. The second-order valence-corrected chi connectivity index (χ2v) is 6.17. The first-order valence-corrected chi connectivity index (χ1v) is 8.14. The molecule has 2 aromatic carbocycles. The number of rotatable bonds is 4. The number of alkyl halides is 3. The molecule has 0 spiro atoms. The molecule has 0 aliphatic carbocycles. The van der Waals surface area contributed by atoms with Crippen LogP contribution in [-0.2, 0) is 22.3 Å².